The molecular formula is C24H22ClFN6OS. The smallest absolute Gasteiger partial charge is 0.261 e. The van der Waals surface area contributed by atoms with E-state index in [0.29, 0.717) is 21.2 Å². The third-order valence-electron chi connectivity index (χ3n) is 5.77. The van der Waals surface area contributed by atoms with Crippen LogP contribution in [-0.4, -0.2) is 44.9 Å². The van der Waals surface area contributed by atoms with Crippen LogP contribution in [0.25, 0.3) is 10.2 Å². The van der Waals surface area contributed by atoms with Gasteiger partial charge in [0.1, 0.15) is 22.8 Å². The molecule has 1 saturated heterocycles. The number of hydrogen-bond donors (Lipinski definition) is 2. The zero-order chi connectivity index (χ0) is 23.5. The van der Waals surface area contributed by atoms with E-state index >= 15 is 0 Å². The molecule has 10 heteroatoms. The fourth-order valence-electron chi connectivity index (χ4n) is 3.99. The second kappa shape index (κ2) is 10.0. The van der Waals surface area contributed by atoms with Crippen LogP contribution in [0.1, 0.15) is 28.2 Å². The first-order valence-corrected chi connectivity index (χ1v) is 12.1. The number of amides is 1. The van der Waals surface area contributed by atoms with E-state index in [1.165, 1.54) is 29.8 Å². The molecule has 0 spiro atoms. The molecule has 1 aromatic carbocycles. The van der Waals surface area contributed by atoms with Crippen molar-refractivity contribution in [2.45, 2.75) is 25.4 Å². The first-order valence-electron chi connectivity index (χ1n) is 10.9. The number of nitrogens with one attached hydrogen (secondary N) is 2. The van der Waals surface area contributed by atoms with Crippen molar-refractivity contribution < 1.29 is 9.18 Å². The second-order valence-electron chi connectivity index (χ2n) is 8.15. The number of piperidine rings is 1. The fraction of sp³-hybridized carbons (Fsp3) is 0.250. The molecule has 0 aliphatic carbocycles. The molecule has 1 aliphatic heterocycles. The number of halogens is 2. The maximum Gasteiger partial charge on any atom is 0.261 e. The maximum absolute atomic E-state index is 13.5. The fourth-order valence-corrected chi connectivity index (χ4v) is 5.07. The van der Waals surface area contributed by atoms with E-state index in [1.807, 2.05) is 24.4 Å². The van der Waals surface area contributed by atoms with Gasteiger partial charge in [-0.3, -0.25) is 14.7 Å². The molecule has 174 valence electrons. The van der Waals surface area contributed by atoms with E-state index in [0.717, 1.165) is 43.6 Å². The lowest BCUT2D eigenvalue weighted by Crippen LogP contribution is -2.44. The number of hydrogen-bond acceptors (Lipinski definition) is 7. The van der Waals surface area contributed by atoms with Gasteiger partial charge >= 0.3 is 0 Å². The molecular weight excluding hydrogens is 475 g/mol. The van der Waals surface area contributed by atoms with Gasteiger partial charge < -0.3 is 10.6 Å². The summed E-state index contributed by atoms with van der Waals surface area (Å²) in [7, 11) is 0. The number of anilines is 2. The minimum atomic E-state index is -0.489. The average Bonchev–Trinajstić information content (AvgIpc) is 3.29. The van der Waals surface area contributed by atoms with E-state index in [-0.39, 0.29) is 17.0 Å². The number of carbonyl (C=O) groups is 1. The highest BCUT2D eigenvalue weighted by atomic mass is 35.5. The SMILES string of the molecule is O=C(NC1CCN(Cc2ccccn2)CC1)c1cc2c(Nc3ccc(F)c(Cl)c3)ncnc2s1. The van der Waals surface area contributed by atoms with Crippen LogP contribution in [0, 0.1) is 5.82 Å². The Morgan fingerprint density at radius 3 is 2.76 bits per heavy atom. The van der Waals surface area contributed by atoms with Gasteiger partial charge in [-0.15, -0.1) is 11.3 Å². The van der Waals surface area contributed by atoms with Gasteiger partial charge in [-0.05, 0) is 49.2 Å². The number of carbonyl (C=O) groups excluding carboxylic acids is 1. The number of thiophene rings is 1. The lowest BCUT2D eigenvalue weighted by Gasteiger charge is -2.32. The summed E-state index contributed by atoms with van der Waals surface area (Å²) in [6, 6.07) is 12.2. The summed E-state index contributed by atoms with van der Waals surface area (Å²) in [5.74, 6) is -0.0649. The van der Waals surface area contributed by atoms with Gasteiger partial charge in [-0.2, -0.15) is 0 Å². The summed E-state index contributed by atoms with van der Waals surface area (Å²) in [6.07, 6.45) is 5.03. The van der Waals surface area contributed by atoms with Crippen LogP contribution >= 0.6 is 22.9 Å². The topological polar surface area (TPSA) is 83.0 Å². The highest BCUT2D eigenvalue weighted by Crippen LogP contribution is 2.31. The van der Waals surface area contributed by atoms with Gasteiger partial charge in [-0.25, -0.2) is 14.4 Å². The number of benzene rings is 1. The summed E-state index contributed by atoms with van der Waals surface area (Å²) in [5.41, 5.74) is 1.66. The van der Waals surface area contributed by atoms with Gasteiger partial charge in [0.2, 0.25) is 0 Å². The highest BCUT2D eigenvalue weighted by molar-refractivity contribution is 7.20. The van der Waals surface area contributed by atoms with Gasteiger partial charge in [0, 0.05) is 37.6 Å². The molecule has 7 nitrogen and oxygen atoms in total. The molecule has 3 aromatic heterocycles. The Bertz CT molecular complexity index is 1310. The van der Waals surface area contributed by atoms with Crippen LogP contribution in [0.15, 0.2) is 55.0 Å². The molecule has 4 heterocycles. The van der Waals surface area contributed by atoms with Crippen molar-refractivity contribution in [3.05, 3.63) is 76.4 Å². The molecule has 0 unspecified atom stereocenters. The number of pyridine rings is 1. The van der Waals surface area contributed by atoms with E-state index in [1.54, 1.807) is 12.1 Å². The first-order chi connectivity index (χ1) is 16.5. The Labute approximate surface area is 205 Å². The van der Waals surface area contributed by atoms with Crippen LogP contribution in [0.5, 0.6) is 0 Å². The van der Waals surface area contributed by atoms with Crippen molar-refractivity contribution in [1.29, 1.82) is 0 Å². The third-order valence-corrected chi connectivity index (χ3v) is 7.10. The maximum atomic E-state index is 13.5. The molecule has 0 bridgehead atoms. The molecule has 1 fully saturated rings. The van der Waals surface area contributed by atoms with Crippen LogP contribution in [-0.2, 0) is 6.54 Å². The summed E-state index contributed by atoms with van der Waals surface area (Å²) >= 11 is 7.20. The summed E-state index contributed by atoms with van der Waals surface area (Å²) in [6.45, 7) is 2.65. The van der Waals surface area contributed by atoms with Gasteiger partial charge in [0.05, 0.1) is 21.0 Å². The third kappa shape index (κ3) is 5.16. The molecule has 0 radical (unpaired) electrons. The van der Waals surface area contributed by atoms with E-state index in [2.05, 4.69) is 30.5 Å². The Morgan fingerprint density at radius 1 is 1.15 bits per heavy atom. The molecule has 1 amide bonds. The van der Waals surface area contributed by atoms with Gasteiger partial charge in [0.15, 0.2) is 0 Å². The predicted molar refractivity (Wildman–Crippen MR) is 132 cm³/mol. The van der Waals surface area contributed by atoms with Crippen LogP contribution < -0.4 is 10.6 Å². The van der Waals surface area contributed by atoms with Crippen molar-refractivity contribution in [3.8, 4) is 0 Å². The quantitative estimate of drug-likeness (QED) is 0.390. The minimum absolute atomic E-state index is 0.0202. The lowest BCUT2D eigenvalue weighted by molar-refractivity contribution is 0.0912. The largest absolute Gasteiger partial charge is 0.349 e. The van der Waals surface area contributed by atoms with Gasteiger partial charge in [0.25, 0.3) is 5.91 Å². The average molecular weight is 497 g/mol. The molecule has 1 aliphatic rings. The van der Waals surface area contributed by atoms with Crippen molar-refractivity contribution in [2.24, 2.45) is 0 Å². The minimum Gasteiger partial charge on any atom is -0.349 e. The van der Waals surface area contributed by atoms with Gasteiger partial charge in [-0.1, -0.05) is 17.7 Å². The molecule has 4 aromatic rings. The highest BCUT2D eigenvalue weighted by Gasteiger charge is 2.23. The molecule has 5 rings (SSSR count). The lowest BCUT2D eigenvalue weighted by atomic mass is 10.0. The summed E-state index contributed by atoms with van der Waals surface area (Å²) < 4.78 is 13.5. The monoisotopic (exact) mass is 496 g/mol. The number of nitrogens with zero attached hydrogens (tertiary/aromatic N) is 4. The van der Waals surface area contributed by atoms with Crippen LogP contribution in [0.4, 0.5) is 15.9 Å². The number of likely N-dealkylation sites (tertiary alicyclic amines) is 1. The van der Waals surface area contributed by atoms with Crippen LogP contribution in [0.2, 0.25) is 5.02 Å². The van der Waals surface area contributed by atoms with Crippen molar-refractivity contribution in [2.75, 3.05) is 18.4 Å². The van der Waals surface area contributed by atoms with Crippen molar-refractivity contribution in [1.82, 2.24) is 25.2 Å². The molecule has 34 heavy (non-hydrogen) atoms. The van der Waals surface area contributed by atoms with E-state index in [9.17, 15) is 9.18 Å². The Balaban J connectivity index is 1.23. The van der Waals surface area contributed by atoms with E-state index < -0.39 is 5.82 Å². The zero-order valence-electron chi connectivity index (χ0n) is 18.2. The zero-order valence-corrected chi connectivity index (χ0v) is 19.7. The number of aromatic nitrogens is 3. The Hall–Kier alpha value is -3.14. The predicted octanol–water partition coefficient (Wildman–Crippen LogP) is 5.02. The molecule has 0 atom stereocenters. The normalized spacial score (nSPS) is 14.9. The standard InChI is InChI=1S/C24H22ClFN6OS/c25-19-11-16(4-5-20(19)26)30-22-18-12-21(34-24(18)29-14-28-22)23(33)31-15-6-9-32(10-7-15)13-17-3-1-2-8-27-17/h1-5,8,11-12,14-15H,6-7,9-10,13H2,(H,31,33)(H,28,29,30). The van der Waals surface area contributed by atoms with E-state index in [4.69, 9.17) is 11.6 Å². The van der Waals surface area contributed by atoms with Crippen molar-refractivity contribution in [3.63, 3.8) is 0 Å². The Morgan fingerprint density at radius 2 is 2.00 bits per heavy atom. The first kappa shape index (κ1) is 22.6. The summed E-state index contributed by atoms with van der Waals surface area (Å²) in [4.78, 5) is 29.6. The Kier molecular flexibility index (Phi) is 6.66. The van der Waals surface area contributed by atoms with Crippen LogP contribution in [0.3, 0.4) is 0 Å². The molecule has 0 saturated carbocycles. The second-order valence-corrected chi connectivity index (χ2v) is 9.59. The number of fused-ring (bicyclic) bond motifs is 1. The number of rotatable bonds is 6. The summed E-state index contributed by atoms with van der Waals surface area (Å²) in [5, 5.41) is 7.05. The molecule has 2 N–H and O–H groups in total. The van der Waals surface area contributed by atoms with Crippen molar-refractivity contribution >= 4 is 50.6 Å².